The Hall–Kier alpha value is -12.2. The van der Waals surface area contributed by atoms with Gasteiger partial charge in [0.2, 0.25) is 11.8 Å². The molecule has 0 atom stereocenters. The largest absolute Gasteiger partial charge is 0.416 e. The van der Waals surface area contributed by atoms with Crippen LogP contribution in [-0.2, 0) is 10.8 Å². The third kappa shape index (κ3) is 9.94. The Morgan fingerprint density at radius 1 is 0.311 bits per heavy atom. The van der Waals surface area contributed by atoms with Crippen LogP contribution in [0.4, 0.5) is 68.2 Å². The third-order valence-electron chi connectivity index (χ3n) is 22.4. The van der Waals surface area contributed by atoms with Gasteiger partial charge in [0.05, 0.1) is 22.7 Å². The number of anilines is 12. The van der Waals surface area contributed by atoms with E-state index in [1.807, 2.05) is 0 Å². The van der Waals surface area contributed by atoms with Gasteiger partial charge in [-0.1, -0.05) is 204 Å². The standard InChI is InChI=1S/C91H73N9OSi2/c1-90(2)70-27-9-13-31-74(70)96(75-32-14-10-28-71(75)90)66-51-43-61(44-52-66)86-92-93-87(100(86)65-25-7-6-8-26-65)62-45-53-67(54-46-62)97-76-33-15-11-29-72(76)91(3,73-30-12-16-34-77(73)97)59-60-102-82-39-21-17-35-78(82)98(79-36-18-22-40-83(79)102)68-55-47-63(48-56-68)88-94-95-89(101-88)64-49-57-69(58-50-64)99-80-37-19-23-41-84(80)103(4,5)85-42-24-20-38-81(85)99/h6-58,102H,59-60H2,1-5H3. The second kappa shape index (κ2) is 24.3. The van der Waals surface area contributed by atoms with Crippen LogP contribution in [0.15, 0.2) is 326 Å². The Balaban J connectivity index is 0.587. The molecule has 0 aliphatic carbocycles. The fourth-order valence-corrected chi connectivity index (χ4v) is 23.9. The van der Waals surface area contributed by atoms with Gasteiger partial charge < -0.3 is 24.0 Å². The molecular weight excluding hydrogens is 1290 g/mol. The van der Waals surface area contributed by atoms with Crippen LogP contribution in [0.5, 0.6) is 0 Å². The van der Waals surface area contributed by atoms with Crippen molar-refractivity contribution in [2.75, 3.05) is 19.6 Å². The summed E-state index contributed by atoms with van der Waals surface area (Å²) in [5.41, 5.74) is 23.6. The number of para-hydroxylation sites is 9. The van der Waals surface area contributed by atoms with Gasteiger partial charge in [0.25, 0.3) is 0 Å². The van der Waals surface area contributed by atoms with Crippen molar-refractivity contribution in [3.8, 4) is 51.4 Å². The molecule has 496 valence electrons. The number of rotatable bonds is 12. The highest BCUT2D eigenvalue weighted by Crippen LogP contribution is 2.56. The molecule has 0 N–H and O–H groups in total. The minimum absolute atomic E-state index is 0.140. The van der Waals surface area contributed by atoms with Gasteiger partial charge in [-0.2, -0.15) is 0 Å². The highest BCUT2D eigenvalue weighted by atomic mass is 28.3. The number of hydrogen-bond acceptors (Lipinski definition) is 9. The van der Waals surface area contributed by atoms with E-state index >= 15 is 0 Å². The molecule has 10 nitrogen and oxygen atoms in total. The number of aromatic nitrogens is 5. The highest BCUT2D eigenvalue weighted by molar-refractivity contribution is 7.02. The minimum Gasteiger partial charge on any atom is -0.416 e. The Kier molecular flexibility index (Phi) is 14.6. The number of benzene rings is 13. The monoisotopic (exact) mass is 1360 g/mol. The van der Waals surface area contributed by atoms with E-state index in [2.05, 4.69) is 390 Å². The molecule has 13 aromatic carbocycles. The quantitative estimate of drug-likeness (QED) is 0.111. The molecule has 0 bridgehead atoms. The summed E-state index contributed by atoms with van der Waals surface area (Å²) in [6, 6.07) is 118. The molecule has 0 saturated heterocycles. The summed E-state index contributed by atoms with van der Waals surface area (Å²) in [6.07, 6.45) is 0.971. The summed E-state index contributed by atoms with van der Waals surface area (Å²) in [5, 5.41) is 24.9. The predicted molar refractivity (Wildman–Crippen MR) is 427 cm³/mol. The fraction of sp³-hybridized carbons (Fsp3) is 0.0989. The van der Waals surface area contributed by atoms with Gasteiger partial charge in [-0.25, -0.2) is 0 Å². The lowest BCUT2D eigenvalue weighted by molar-refractivity contribution is 0.543. The van der Waals surface area contributed by atoms with Crippen molar-refractivity contribution in [3.63, 3.8) is 0 Å². The van der Waals surface area contributed by atoms with Crippen molar-refractivity contribution < 1.29 is 4.42 Å². The molecule has 4 aliphatic heterocycles. The van der Waals surface area contributed by atoms with Crippen molar-refractivity contribution in [1.29, 1.82) is 0 Å². The summed E-state index contributed by atoms with van der Waals surface area (Å²) in [7, 11) is -3.75. The Bertz CT molecular complexity index is 5580. The first-order valence-electron chi connectivity index (χ1n) is 35.7. The first-order chi connectivity index (χ1) is 50.5. The van der Waals surface area contributed by atoms with Gasteiger partial charge in [0.1, 0.15) is 16.9 Å². The van der Waals surface area contributed by atoms with E-state index in [1.54, 1.807) is 0 Å². The Labute approximate surface area is 603 Å². The van der Waals surface area contributed by atoms with Gasteiger partial charge in [-0.3, -0.25) is 4.57 Å². The van der Waals surface area contributed by atoms with Gasteiger partial charge in [0.15, 0.2) is 11.6 Å². The molecule has 0 spiro atoms. The average Bonchev–Trinajstić information content (AvgIpc) is 1.16. The van der Waals surface area contributed by atoms with Crippen LogP contribution in [-0.4, -0.2) is 41.8 Å². The van der Waals surface area contributed by atoms with Crippen molar-refractivity contribution in [2.24, 2.45) is 0 Å². The second-order valence-electron chi connectivity index (χ2n) is 28.9. The Morgan fingerprint density at radius 3 is 1.06 bits per heavy atom. The van der Waals surface area contributed by atoms with Gasteiger partial charge >= 0.3 is 0 Å². The average molecular weight is 1360 g/mol. The summed E-state index contributed by atoms with van der Waals surface area (Å²) < 4.78 is 8.68. The molecule has 12 heteroatoms. The van der Waals surface area contributed by atoms with E-state index in [0.29, 0.717) is 11.8 Å². The molecule has 0 radical (unpaired) electrons. The minimum atomic E-state index is -1.90. The highest BCUT2D eigenvalue weighted by Gasteiger charge is 2.44. The summed E-state index contributed by atoms with van der Waals surface area (Å²) in [6.45, 7) is 12.0. The normalized spacial score (nSPS) is 14.8. The third-order valence-corrected chi connectivity index (χ3v) is 29.3. The number of nitrogens with zero attached hydrogens (tertiary/aromatic N) is 9. The van der Waals surface area contributed by atoms with Crippen LogP contribution in [0.25, 0.3) is 51.4 Å². The van der Waals surface area contributed by atoms with Crippen LogP contribution in [0.2, 0.25) is 19.1 Å². The maximum atomic E-state index is 6.48. The lowest BCUT2D eigenvalue weighted by atomic mass is 9.70. The van der Waals surface area contributed by atoms with E-state index in [4.69, 9.17) is 14.6 Å². The molecule has 4 aliphatic rings. The van der Waals surface area contributed by atoms with E-state index < -0.39 is 16.9 Å². The molecule has 103 heavy (non-hydrogen) atoms. The van der Waals surface area contributed by atoms with Crippen molar-refractivity contribution in [2.45, 2.75) is 57.2 Å². The maximum absolute atomic E-state index is 6.48. The smallest absolute Gasteiger partial charge is 0.248 e. The van der Waals surface area contributed by atoms with E-state index in [1.165, 1.54) is 88.5 Å². The van der Waals surface area contributed by atoms with Crippen LogP contribution in [0.1, 0.15) is 49.4 Å². The first-order valence-corrected chi connectivity index (χ1v) is 40.7. The zero-order chi connectivity index (χ0) is 69.1. The van der Waals surface area contributed by atoms with E-state index in [9.17, 15) is 0 Å². The molecule has 6 heterocycles. The molecule has 0 amide bonds. The SMILES string of the molecule is CC1(C)c2ccccc2N(c2ccc(-c3nnc(-c4ccc(N5c6ccccc6C(C)(CC[SiH]6c7ccccc7N(c7ccc(-c8nnc(-c9ccc(N%10c%11ccccc%11[Si](C)(C)c%11ccccc%11%10)cc9)o8)cc7)c7ccccc76)c6ccccc65)cc4)n3-c3ccccc3)cc2)c2ccccc21. The molecule has 15 aromatic rings. The van der Waals surface area contributed by atoms with Crippen LogP contribution in [0.3, 0.4) is 0 Å². The number of fused-ring (bicyclic) bond motifs is 8. The van der Waals surface area contributed by atoms with Gasteiger partial charge in [-0.05, 0) is 207 Å². The van der Waals surface area contributed by atoms with Crippen molar-refractivity contribution in [1.82, 2.24) is 25.0 Å². The van der Waals surface area contributed by atoms with E-state index in [-0.39, 0.29) is 10.8 Å². The fourth-order valence-electron chi connectivity index (χ4n) is 17.2. The second-order valence-corrected chi connectivity index (χ2v) is 36.1. The molecular formula is C91H73N9OSi2. The maximum Gasteiger partial charge on any atom is 0.248 e. The number of hydrogen-bond donors (Lipinski definition) is 0. The zero-order valence-electron chi connectivity index (χ0n) is 58.0. The summed E-state index contributed by atoms with van der Waals surface area (Å²) in [4.78, 5) is 9.70. The summed E-state index contributed by atoms with van der Waals surface area (Å²) in [5.74, 6) is 2.51. The van der Waals surface area contributed by atoms with Gasteiger partial charge in [0, 0.05) is 84.3 Å². The molecule has 19 rings (SSSR count). The summed E-state index contributed by atoms with van der Waals surface area (Å²) >= 11 is 0. The Morgan fingerprint density at radius 2 is 0.631 bits per heavy atom. The predicted octanol–water partition coefficient (Wildman–Crippen LogP) is 20.3. The molecule has 0 fully saturated rings. The first kappa shape index (κ1) is 61.8. The van der Waals surface area contributed by atoms with Gasteiger partial charge in [-0.15, -0.1) is 20.4 Å². The molecule has 0 saturated carbocycles. The molecule has 2 aromatic heterocycles. The van der Waals surface area contributed by atoms with Crippen LogP contribution < -0.4 is 40.3 Å². The van der Waals surface area contributed by atoms with Crippen LogP contribution in [0, 0.1) is 0 Å². The topological polar surface area (TPSA) is 82.6 Å². The zero-order valence-corrected chi connectivity index (χ0v) is 60.2. The lowest BCUT2D eigenvalue weighted by Gasteiger charge is -2.45. The van der Waals surface area contributed by atoms with E-state index in [0.717, 1.165) is 74.8 Å². The van der Waals surface area contributed by atoms with Crippen LogP contribution >= 0.6 is 0 Å². The molecule has 0 unspecified atom stereocenters. The van der Waals surface area contributed by atoms with Crippen molar-refractivity contribution >= 4 is 106 Å². The van der Waals surface area contributed by atoms with Crippen molar-refractivity contribution in [3.05, 3.63) is 344 Å². The lowest BCUT2D eigenvalue weighted by Crippen LogP contribution is -2.58.